The van der Waals surface area contributed by atoms with Crippen LogP contribution < -0.4 is 0 Å². The minimum Gasteiger partial charge on any atom is -0.461 e. The molecule has 172 valence electrons. The van der Waals surface area contributed by atoms with Crippen molar-refractivity contribution < 1.29 is 19.1 Å². The van der Waals surface area contributed by atoms with Crippen molar-refractivity contribution in [1.29, 1.82) is 0 Å². The number of hydrogen-bond acceptors (Lipinski definition) is 4. The zero-order chi connectivity index (χ0) is 24.0. The van der Waals surface area contributed by atoms with Crippen LogP contribution in [-0.4, -0.2) is 29.1 Å². The number of aromatic amines is 1. The van der Waals surface area contributed by atoms with Crippen LogP contribution in [0.1, 0.15) is 72.6 Å². The van der Waals surface area contributed by atoms with Crippen molar-refractivity contribution in [1.82, 2.24) is 4.98 Å². The highest BCUT2D eigenvalue weighted by atomic mass is 16.6. The van der Waals surface area contributed by atoms with Crippen molar-refractivity contribution in [3.8, 4) is 11.1 Å². The molecule has 0 aliphatic heterocycles. The summed E-state index contributed by atoms with van der Waals surface area (Å²) in [5, 5.41) is 0. The van der Waals surface area contributed by atoms with Gasteiger partial charge in [-0.05, 0) is 69.5 Å². The molecule has 0 fully saturated rings. The standard InChI is InChI=1S/C28H31NO4/c1-6-10-22(24-17-18-25(29-24)27(31)32-7-2)20-15-13-19(14-16-20)21-11-8-9-12-23(21)26(30)33-28(3,4)5/h6,8-18,22,29H,7H2,1-5H3/b10-6-. The summed E-state index contributed by atoms with van der Waals surface area (Å²) in [6.45, 7) is 9.66. The van der Waals surface area contributed by atoms with E-state index in [4.69, 9.17) is 9.47 Å². The third-order valence-electron chi connectivity index (χ3n) is 5.05. The van der Waals surface area contributed by atoms with E-state index in [2.05, 4.69) is 11.1 Å². The third kappa shape index (κ3) is 6.01. The molecule has 33 heavy (non-hydrogen) atoms. The molecule has 0 saturated heterocycles. The lowest BCUT2D eigenvalue weighted by molar-refractivity contribution is 0.00702. The van der Waals surface area contributed by atoms with Gasteiger partial charge in [-0.15, -0.1) is 0 Å². The number of benzene rings is 2. The molecule has 0 saturated carbocycles. The Labute approximate surface area is 195 Å². The number of H-pyrrole nitrogens is 1. The molecule has 0 spiro atoms. The highest BCUT2D eigenvalue weighted by Crippen LogP contribution is 2.30. The number of hydrogen-bond donors (Lipinski definition) is 1. The molecule has 5 heteroatoms. The van der Waals surface area contributed by atoms with Crippen LogP contribution >= 0.6 is 0 Å². The van der Waals surface area contributed by atoms with Gasteiger partial charge in [0.15, 0.2) is 0 Å². The first-order valence-corrected chi connectivity index (χ1v) is 11.1. The van der Waals surface area contributed by atoms with Gasteiger partial charge in [0.1, 0.15) is 11.3 Å². The van der Waals surface area contributed by atoms with Gasteiger partial charge in [-0.1, -0.05) is 54.6 Å². The van der Waals surface area contributed by atoms with Crippen LogP contribution in [0.4, 0.5) is 0 Å². The van der Waals surface area contributed by atoms with Gasteiger partial charge in [0, 0.05) is 11.6 Å². The molecule has 0 aliphatic rings. The Balaban J connectivity index is 1.91. The maximum atomic E-state index is 12.7. The number of carbonyl (C=O) groups is 2. The highest BCUT2D eigenvalue weighted by molar-refractivity contribution is 5.97. The fraction of sp³-hybridized carbons (Fsp3) is 0.286. The van der Waals surface area contributed by atoms with Crippen LogP contribution in [0.15, 0.2) is 72.8 Å². The maximum absolute atomic E-state index is 12.7. The van der Waals surface area contributed by atoms with Crippen molar-refractivity contribution in [2.75, 3.05) is 6.61 Å². The number of ether oxygens (including phenoxy) is 2. The summed E-state index contributed by atoms with van der Waals surface area (Å²) in [5.41, 5.74) is 4.12. The summed E-state index contributed by atoms with van der Waals surface area (Å²) >= 11 is 0. The van der Waals surface area contributed by atoms with Crippen LogP contribution in [0.3, 0.4) is 0 Å². The van der Waals surface area contributed by atoms with Crippen LogP contribution in [-0.2, 0) is 9.47 Å². The summed E-state index contributed by atoms with van der Waals surface area (Å²) < 4.78 is 10.7. The Morgan fingerprint density at radius 1 is 0.970 bits per heavy atom. The van der Waals surface area contributed by atoms with Gasteiger partial charge in [-0.25, -0.2) is 9.59 Å². The fourth-order valence-electron chi connectivity index (χ4n) is 3.62. The van der Waals surface area contributed by atoms with Gasteiger partial charge < -0.3 is 14.5 Å². The first kappa shape index (κ1) is 24.1. The Morgan fingerprint density at radius 3 is 2.30 bits per heavy atom. The lowest BCUT2D eigenvalue weighted by Gasteiger charge is -2.20. The summed E-state index contributed by atoms with van der Waals surface area (Å²) in [6.07, 6.45) is 4.06. The molecule has 0 bridgehead atoms. The van der Waals surface area contributed by atoms with E-state index in [9.17, 15) is 9.59 Å². The second-order valence-corrected chi connectivity index (χ2v) is 8.72. The minimum absolute atomic E-state index is 0.0478. The molecule has 1 heterocycles. The molecule has 2 aromatic carbocycles. The van der Waals surface area contributed by atoms with E-state index in [1.165, 1.54) is 0 Å². The molecule has 1 aromatic heterocycles. The van der Waals surface area contributed by atoms with E-state index in [1.807, 2.05) is 82.3 Å². The normalized spacial score (nSPS) is 12.5. The van der Waals surface area contributed by atoms with Crippen molar-refractivity contribution >= 4 is 11.9 Å². The number of aromatic nitrogens is 1. The Kier molecular flexibility index (Phi) is 7.54. The lowest BCUT2D eigenvalue weighted by atomic mass is 9.92. The quantitative estimate of drug-likeness (QED) is 0.332. The van der Waals surface area contributed by atoms with Gasteiger partial charge in [-0.2, -0.15) is 0 Å². The topological polar surface area (TPSA) is 68.4 Å². The van der Waals surface area contributed by atoms with E-state index in [-0.39, 0.29) is 17.9 Å². The fourth-order valence-corrected chi connectivity index (χ4v) is 3.62. The lowest BCUT2D eigenvalue weighted by Crippen LogP contribution is -2.24. The molecule has 3 rings (SSSR count). The summed E-state index contributed by atoms with van der Waals surface area (Å²) in [7, 11) is 0. The molecule has 1 N–H and O–H groups in total. The SMILES string of the molecule is C/C=C\C(c1ccc(-c2ccccc2C(=O)OC(C)(C)C)cc1)c1ccc(C(=O)OCC)[nH]1. The molecule has 0 aliphatic carbocycles. The van der Waals surface area contributed by atoms with Gasteiger partial charge in [0.25, 0.3) is 0 Å². The second kappa shape index (κ2) is 10.3. The van der Waals surface area contributed by atoms with E-state index in [0.717, 1.165) is 22.4 Å². The third-order valence-corrected chi connectivity index (χ3v) is 5.05. The number of rotatable bonds is 7. The van der Waals surface area contributed by atoms with Crippen molar-refractivity contribution in [2.45, 2.75) is 46.1 Å². The number of esters is 2. The minimum atomic E-state index is -0.563. The van der Waals surface area contributed by atoms with Crippen molar-refractivity contribution in [3.63, 3.8) is 0 Å². The number of nitrogens with one attached hydrogen (secondary N) is 1. The van der Waals surface area contributed by atoms with Crippen molar-refractivity contribution in [2.24, 2.45) is 0 Å². The average Bonchev–Trinajstić information content (AvgIpc) is 3.27. The van der Waals surface area contributed by atoms with Gasteiger partial charge in [0.2, 0.25) is 0 Å². The largest absolute Gasteiger partial charge is 0.461 e. The van der Waals surface area contributed by atoms with Crippen LogP contribution in [0, 0.1) is 0 Å². The zero-order valence-corrected chi connectivity index (χ0v) is 19.8. The van der Waals surface area contributed by atoms with E-state index < -0.39 is 5.60 Å². The number of allylic oxidation sites excluding steroid dienone is 2. The predicted octanol–water partition coefficient (Wildman–Crippen LogP) is 6.52. The predicted molar refractivity (Wildman–Crippen MR) is 130 cm³/mol. The zero-order valence-electron chi connectivity index (χ0n) is 19.8. The Hall–Kier alpha value is -3.60. The Morgan fingerprint density at radius 2 is 1.67 bits per heavy atom. The van der Waals surface area contributed by atoms with Gasteiger partial charge in [-0.3, -0.25) is 0 Å². The maximum Gasteiger partial charge on any atom is 0.354 e. The summed E-state index contributed by atoms with van der Waals surface area (Å²) in [5.74, 6) is -0.753. The molecule has 1 unspecified atom stereocenters. The summed E-state index contributed by atoms with van der Waals surface area (Å²) in [4.78, 5) is 28.0. The van der Waals surface area contributed by atoms with E-state index in [1.54, 1.807) is 19.1 Å². The molecule has 3 aromatic rings. The molecule has 1 atom stereocenters. The van der Waals surface area contributed by atoms with Crippen molar-refractivity contribution in [3.05, 3.63) is 95.3 Å². The van der Waals surface area contributed by atoms with Crippen LogP contribution in [0.5, 0.6) is 0 Å². The average molecular weight is 446 g/mol. The summed E-state index contributed by atoms with van der Waals surface area (Å²) in [6, 6.07) is 19.2. The number of carbonyl (C=O) groups excluding carboxylic acids is 2. The van der Waals surface area contributed by atoms with Crippen LogP contribution in [0.25, 0.3) is 11.1 Å². The Bertz CT molecular complexity index is 1130. The smallest absolute Gasteiger partial charge is 0.354 e. The van der Waals surface area contributed by atoms with Gasteiger partial charge >= 0.3 is 11.9 Å². The highest BCUT2D eigenvalue weighted by Gasteiger charge is 2.21. The first-order valence-electron chi connectivity index (χ1n) is 11.1. The van der Waals surface area contributed by atoms with Gasteiger partial charge in [0.05, 0.1) is 12.2 Å². The molecule has 5 nitrogen and oxygen atoms in total. The molecule has 0 radical (unpaired) electrons. The first-order chi connectivity index (χ1) is 15.7. The molecular weight excluding hydrogens is 414 g/mol. The van der Waals surface area contributed by atoms with E-state index >= 15 is 0 Å². The molecule has 0 amide bonds. The second-order valence-electron chi connectivity index (χ2n) is 8.72. The monoisotopic (exact) mass is 445 g/mol. The van der Waals surface area contributed by atoms with E-state index in [0.29, 0.717) is 17.9 Å². The van der Waals surface area contributed by atoms with Crippen LogP contribution in [0.2, 0.25) is 0 Å². The molecular formula is C28H31NO4.